The molecule has 0 aliphatic carbocycles. The van der Waals surface area contributed by atoms with Crippen molar-refractivity contribution in [1.82, 2.24) is 4.98 Å². The number of nitrogen functional groups attached to an aromatic ring is 1. The first-order chi connectivity index (χ1) is 8.74. The molecule has 18 heavy (non-hydrogen) atoms. The standard InChI is InChI=1S/C15H11FN2/c16-14-4-2-1-3-13(14)11-6-5-10-8-15(17)18-9-12(10)7-11/h1-9H,(H2,17,18). The maximum Gasteiger partial charge on any atom is 0.131 e. The lowest BCUT2D eigenvalue weighted by atomic mass is 10.0. The van der Waals surface area contributed by atoms with E-state index in [4.69, 9.17) is 5.73 Å². The number of fused-ring (bicyclic) bond motifs is 1. The van der Waals surface area contributed by atoms with Crippen molar-refractivity contribution in [2.45, 2.75) is 0 Å². The highest BCUT2D eigenvalue weighted by Crippen LogP contribution is 2.26. The van der Waals surface area contributed by atoms with Crippen molar-refractivity contribution in [3.05, 3.63) is 60.5 Å². The lowest BCUT2D eigenvalue weighted by Gasteiger charge is -2.05. The zero-order valence-corrected chi connectivity index (χ0v) is 9.60. The van der Waals surface area contributed by atoms with Crippen LogP contribution in [0.4, 0.5) is 10.2 Å². The van der Waals surface area contributed by atoms with Crippen LogP contribution < -0.4 is 5.73 Å². The summed E-state index contributed by atoms with van der Waals surface area (Å²) in [5.41, 5.74) is 7.06. The fourth-order valence-corrected chi connectivity index (χ4v) is 2.02. The van der Waals surface area contributed by atoms with Crippen LogP contribution in [0.3, 0.4) is 0 Å². The molecule has 0 bridgehead atoms. The van der Waals surface area contributed by atoms with Gasteiger partial charge in [0, 0.05) is 17.1 Å². The molecule has 88 valence electrons. The Morgan fingerprint density at radius 3 is 2.61 bits per heavy atom. The molecule has 0 unspecified atom stereocenters. The molecule has 2 N–H and O–H groups in total. The molecule has 3 heteroatoms. The number of halogens is 1. The zero-order valence-electron chi connectivity index (χ0n) is 9.60. The SMILES string of the molecule is Nc1cc2ccc(-c3ccccc3F)cc2cn1. The van der Waals surface area contributed by atoms with Crippen molar-refractivity contribution in [3.8, 4) is 11.1 Å². The van der Waals surface area contributed by atoms with Gasteiger partial charge in [-0.05, 0) is 29.1 Å². The van der Waals surface area contributed by atoms with E-state index in [1.54, 1.807) is 24.4 Å². The van der Waals surface area contributed by atoms with Gasteiger partial charge in [0.15, 0.2) is 0 Å². The first kappa shape index (κ1) is 10.7. The number of hydrogen-bond donors (Lipinski definition) is 1. The second-order valence-corrected chi connectivity index (χ2v) is 4.15. The van der Waals surface area contributed by atoms with Crippen LogP contribution in [0.15, 0.2) is 54.7 Å². The minimum absolute atomic E-state index is 0.222. The molecular weight excluding hydrogens is 227 g/mol. The quantitative estimate of drug-likeness (QED) is 0.703. The molecule has 0 radical (unpaired) electrons. The Kier molecular flexibility index (Phi) is 2.45. The van der Waals surface area contributed by atoms with Crippen LogP contribution in [0.25, 0.3) is 21.9 Å². The van der Waals surface area contributed by atoms with Crippen LogP contribution in [-0.4, -0.2) is 4.98 Å². The molecule has 0 amide bonds. The minimum Gasteiger partial charge on any atom is -0.384 e. The molecule has 0 aliphatic rings. The number of nitrogens with two attached hydrogens (primary N) is 1. The summed E-state index contributed by atoms with van der Waals surface area (Å²) in [6.45, 7) is 0. The van der Waals surface area contributed by atoms with Crippen molar-refractivity contribution in [1.29, 1.82) is 0 Å². The lowest BCUT2D eigenvalue weighted by molar-refractivity contribution is 0.631. The van der Waals surface area contributed by atoms with E-state index in [2.05, 4.69) is 4.98 Å². The van der Waals surface area contributed by atoms with Crippen LogP contribution in [0.1, 0.15) is 0 Å². The number of benzene rings is 2. The molecule has 3 aromatic rings. The van der Waals surface area contributed by atoms with Gasteiger partial charge in [-0.15, -0.1) is 0 Å². The van der Waals surface area contributed by atoms with Gasteiger partial charge in [-0.3, -0.25) is 0 Å². The van der Waals surface area contributed by atoms with Crippen LogP contribution in [0.2, 0.25) is 0 Å². The van der Waals surface area contributed by atoms with Gasteiger partial charge in [-0.2, -0.15) is 0 Å². The van der Waals surface area contributed by atoms with Gasteiger partial charge in [0.25, 0.3) is 0 Å². The van der Waals surface area contributed by atoms with Gasteiger partial charge in [0.2, 0.25) is 0 Å². The number of aromatic nitrogens is 1. The van der Waals surface area contributed by atoms with E-state index < -0.39 is 0 Å². The molecule has 0 spiro atoms. The Labute approximate surface area is 104 Å². The first-order valence-electron chi connectivity index (χ1n) is 5.64. The Bertz CT molecular complexity index is 723. The van der Waals surface area contributed by atoms with Crippen LogP contribution in [0.5, 0.6) is 0 Å². The summed E-state index contributed by atoms with van der Waals surface area (Å²) < 4.78 is 13.7. The highest BCUT2D eigenvalue weighted by atomic mass is 19.1. The molecule has 2 nitrogen and oxygen atoms in total. The Morgan fingerprint density at radius 2 is 1.78 bits per heavy atom. The largest absolute Gasteiger partial charge is 0.384 e. The van der Waals surface area contributed by atoms with E-state index in [1.165, 1.54) is 6.07 Å². The highest BCUT2D eigenvalue weighted by molar-refractivity contribution is 5.88. The third-order valence-corrected chi connectivity index (χ3v) is 2.93. The average molecular weight is 238 g/mol. The first-order valence-corrected chi connectivity index (χ1v) is 5.64. The maximum atomic E-state index is 13.7. The molecule has 0 fully saturated rings. The molecule has 0 saturated carbocycles. The van der Waals surface area contributed by atoms with Gasteiger partial charge < -0.3 is 5.73 Å². The summed E-state index contributed by atoms with van der Waals surface area (Å²) in [6.07, 6.45) is 1.70. The zero-order chi connectivity index (χ0) is 12.5. The van der Waals surface area contributed by atoms with Crippen LogP contribution in [0, 0.1) is 5.82 Å². The second-order valence-electron chi connectivity index (χ2n) is 4.15. The Morgan fingerprint density at radius 1 is 0.944 bits per heavy atom. The lowest BCUT2D eigenvalue weighted by Crippen LogP contribution is -1.89. The Hall–Kier alpha value is -2.42. The Balaban J connectivity index is 2.20. The fraction of sp³-hybridized carbons (Fsp3) is 0. The van der Waals surface area contributed by atoms with Crippen molar-refractivity contribution in [2.75, 3.05) is 5.73 Å². The van der Waals surface area contributed by atoms with Crippen molar-refractivity contribution < 1.29 is 4.39 Å². The summed E-state index contributed by atoms with van der Waals surface area (Å²) >= 11 is 0. The van der Waals surface area contributed by atoms with Crippen molar-refractivity contribution in [3.63, 3.8) is 0 Å². The predicted molar refractivity (Wildman–Crippen MR) is 71.5 cm³/mol. The van der Waals surface area contributed by atoms with Crippen molar-refractivity contribution in [2.24, 2.45) is 0 Å². The number of anilines is 1. The van der Waals surface area contributed by atoms with E-state index in [0.29, 0.717) is 11.4 Å². The molecule has 0 aliphatic heterocycles. The number of pyridine rings is 1. The van der Waals surface area contributed by atoms with Gasteiger partial charge >= 0.3 is 0 Å². The molecule has 0 saturated heterocycles. The average Bonchev–Trinajstić information content (AvgIpc) is 2.39. The fourth-order valence-electron chi connectivity index (χ4n) is 2.02. The molecular formula is C15H11FN2. The molecule has 2 aromatic carbocycles. The topological polar surface area (TPSA) is 38.9 Å². The van der Waals surface area contributed by atoms with E-state index in [1.807, 2.05) is 24.3 Å². The van der Waals surface area contributed by atoms with Crippen molar-refractivity contribution >= 4 is 16.6 Å². The van der Waals surface area contributed by atoms with Crippen LogP contribution >= 0.6 is 0 Å². The van der Waals surface area contributed by atoms with E-state index >= 15 is 0 Å². The molecule has 1 aromatic heterocycles. The maximum absolute atomic E-state index is 13.7. The number of nitrogens with zero attached hydrogens (tertiary/aromatic N) is 1. The molecule has 3 rings (SSSR count). The van der Waals surface area contributed by atoms with E-state index in [9.17, 15) is 4.39 Å². The number of rotatable bonds is 1. The van der Waals surface area contributed by atoms with Gasteiger partial charge in [-0.25, -0.2) is 9.37 Å². The summed E-state index contributed by atoms with van der Waals surface area (Å²) in [6, 6.07) is 14.3. The summed E-state index contributed by atoms with van der Waals surface area (Å²) in [5.74, 6) is 0.265. The second kappa shape index (κ2) is 4.11. The number of hydrogen-bond acceptors (Lipinski definition) is 2. The highest BCUT2D eigenvalue weighted by Gasteiger charge is 2.05. The van der Waals surface area contributed by atoms with Gasteiger partial charge in [0.05, 0.1) is 0 Å². The minimum atomic E-state index is -0.222. The monoisotopic (exact) mass is 238 g/mol. The third-order valence-electron chi connectivity index (χ3n) is 2.93. The van der Waals surface area contributed by atoms with E-state index in [-0.39, 0.29) is 5.82 Å². The predicted octanol–water partition coefficient (Wildman–Crippen LogP) is 3.62. The normalized spacial score (nSPS) is 10.7. The molecule has 0 atom stereocenters. The van der Waals surface area contributed by atoms with Crippen LogP contribution in [-0.2, 0) is 0 Å². The smallest absolute Gasteiger partial charge is 0.131 e. The molecule has 1 heterocycles. The third kappa shape index (κ3) is 1.80. The summed E-state index contributed by atoms with van der Waals surface area (Å²) in [5, 5.41) is 1.95. The van der Waals surface area contributed by atoms with Gasteiger partial charge in [-0.1, -0.05) is 30.3 Å². The summed E-state index contributed by atoms with van der Waals surface area (Å²) in [4.78, 5) is 4.05. The summed E-state index contributed by atoms with van der Waals surface area (Å²) in [7, 11) is 0. The van der Waals surface area contributed by atoms with E-state index in [0.717, 1.165) is 16.3 Å². The van der Waals surface area contributed by atoms with Gasteiger partial charge in [0.1, 0.15) is 11.6 Å².